The maximum atomic E-state index is 12.4. The molecular formula is C14H18N2O4S2. The van der Waals surface area contributed by atoms with Gasteiger partial charge in [0, 0.05) is 6.04 Å². The van der Waals surface area contributed by atoms with Gasteiger partial charge in [0.05, 0.1) is 19.4 Å². The molecule has 0 aromatic carbocycles. The zero-order valence-corrected chi connectivity index (χ0v) is 13.7. The summed E-state index contributed by atoms with van der Waals surface area (Å²) in [6, 6.07) is 0.0921. The van der Waals surface area contributed by atoms with E-state index in [1.807, 2.05) is 0 Å². The molecule has 120 valence electrons. The Kier molecular flexibility index (Phi) is 2.71. The lowest BCUT2D eigenvalue weighted by atomic mass is 9.75. The van der Waals surface area contributed by atoms with E-state index in [0.717, 1.165) is 24.2 Å². The van der Waals surface area contributed by atoms with Crippen LogP contribution in [0.5, 0.6) is 0 Å². The molecule has 0 bridgehead atoms. The van der Waals surface area contributed by atoms with E-state index in [9.17, 15) is 8.42 Å². The van der Waals surface area contributed by atoms with Gasteiger partial charge in [0.25, 0.3) is 10.0 Å². The second kappa shape index (κ2) is 4.30. The van der Waals surface area contributed by atoms with Gasteiger partial charge in [0.1, 0.15) is 0 Å². The predicted octanol–water partition coefficient (Wildman–Crippen LogP) is 1.80. The number of nitrogens with zero attached hydrogens (tertiary/aromatic N) is 1. The summed E-state index contributed by atoms with van der Waals surface area (Å²) in [5.41, 5.74) is 1.12. The predicted molar refractivity (Wildman–Crippen MR) is 78.8 cm³/mol. The summed E-state index contributed by atoms with van der Waals surface area (Å²) in [6.07, 6.45) is 6.93. The third kappa shape index (κ3) is 1.94. The highest BCUT2D eigenvalue weighted by Crippen LogP contribution is 2.85. The summed E-state index contributed by atoms with van der Waals surface area (Å²) in [7, 11) is -3.47. The van der Waals surface area contributed by atoms with E-state index < -0.39 is 16.3 Å². The van der Waals surface area contributed by atoms with E-state index in [4.69, 9.17) is 9.47 Å². The maximum absolute atomic E-state index is 12.4. The van der Waals surface area contributed by atoms with Crippen molar-refractivity contribution in [1.82, 2.24) is 9.71 Å². The van der Waals surface area contributed by atoms with Gasteiger partial charge >= 0.3 is 0 Å². The SMILES string of the molecule is O=S(=O)(NC1CC2(C1)CC21CC1)c1cnc(C2OCCO2)s1. The van der Waals surface area contributed by atoms with Gasteiger partial charge in [-0.25, -0.2) is 18.1 Å². The molecule has 4 fully saturated rings. The van der Waals surface area contributed by atoms with Gasteiger partial charge in [-0.05, 0) is 42.9 Å². The molecule has 1 saturated heterocycles. The Morgan fingerprint density at radius 1 is 1.23 bits per heavy atom. The number of nitrogens with one attached hydrogen (secondary N) is 1. The third-order valence-corrected chi connectivity index (χ3v) is 8.72. The molecule has 1 aromatic rings. The Labute approximate surface area is 133 Å². The van der Waals surface area contributed by atoms with Crippen LogP contribution in [0.2, 0.25) is 0 Å². The summed E-state index contributed by atoms with van der Waals surface area (Å²) in [4.78, 5) is 4.14. The molecule has 1 aromatic heterocycles. The van der Waals surface area contributed by atoms with Crippen LogP contribution in [0.4, 0.5) is 0 Å². The molecule has 2 heterocycles. The van der Waals surface area contributed by atoms with E-state index >= 15 is 0 Å². The van der Waals surface area contributed by atoms with Gasteiger partial charge in [-0.3, -0.25) is 0 Å². The number of rotatable bonds is 4. The fraction of sp³-hybridized carbons (Fsp3) is 0.786. The van der Waals surface area contributed by atoms with Gasteiger partial charge < -0.3 is 9.47 Å². The molecule has 0 amide bonds. The molecule has 3 saturated carbocycles. The second-order valence-corrected chi connectivity index (χ2v) is 10.1. The minimum atomic E-state index is -3.47. The summed E-state index contributed by atoms with van der Waals surface area (Å²) < 4.78 is 38.7. The lowest BCUT2D eigenvalue weighted by molar-refractivity contribution is -0.0442. The van der Waals surface area contributed by atoms with Crippen molar-refractivity contribution < 1.29 is 17.9 Å². The number of thiazole rings is 1. The van der Waals surface area contributed by atoms with E-state index in [1.165, 1.54) is 25.5 Å². The zero-order chi connectivity index (χ0) is 15.0. The molecule has 1 N–H and O–H groups in total. The van der Waals surface area contributed by atoms with E-state index in [1.54, 1.807) is 0 Å². The Morgan fingerprint density at radius 2 is 1.95 bits per heavy atom. The first-order valence-corrected chi connectivity index (χ1v) is 10.0. The van der Waals surface area contributed by atoms with Crippen LogP contribution in [0.1, 0.15) is 43.4 Å². The third-order valence-electron chi connectivity index (χ3n) is 5.72. The van der Waals surface area contributed by atoms with Crippen molar-refractivity contribution in [3.05, 3.63) is 11.2 Å². The van der Waals surface area contributed by atoms with Gasteiger partial charge in [-0.1, -0.05) is 0 Å². The maximum Gasteiger partial charge on any atom is 0.251 e. The lowest BCUT2D eigenvalue weighted by Crippen LogP contribution is -2.45. The normalized spacial score (nSPS) is 35.9. The van der Waals surface area contributed by atoms with Crippen LogP contribution < -0.4 is 4.72 Å². The summed E-state index contributed by atoms with van der Waals surface area (Å²) in [5, 5.41) is 0.571. The highest BCUT2D eigenvalue weighted by molar-refractivity contribution is 7.91. The van der Waals surface area contributed by atoms with Crippen molar-refractivity contribution in [2.75, 3.05) is 13.2 Å². The van der Waals surface area contributed by atoms with Crippen LogP contribution in [0.25, 0.3) is 0 Å². The molecule has 6 nitrogen and oxygen atoms in total. The lowest BCUT2D eigenvalue weighted by Gasteiger charge is -2.37. The molecule has 0 unspecified atom stereocenters. The van der Waals surface area contributed by atoms with Crippen molar-refractivity contribution >= 4 is 21.4 Å². The molecule has 8 heteroatoms. The first-order chi connectivity index (χ1) is 10.5. The first-order valence-electron chi connectivity index (χ1n) is 7.73. The first kappa shape index (κ1) is 13.9. The second-order valence-electron chi connectivity index (χ2n) is 7.05. The number of ether oxygens (including phenoxy) is 2. The molecule has 22 heavy (non-hydrogen) atoms. The molecular weight excluding hydrogens is 324 g/mol. The van der Waals surface area contributed by atoms with E-state index in [-0.39, 0.29) is 10.3 Å². The van der Waals surface area contributed by atoms with Crippen LogP contribution >= 0.6 is 11.3 Å². The molecule has 0 atom stereocenters. The number of fused-ring (bicyclic) bond motifs is 1. The van der Waals surface area contributed by atoms with Crippen molar-refractivity contribution in [2.45, 2.75) is 48.6 Å². The van der Waals surface area contributed by atoms with Crippen LogP contribution in [0.3, 0.4) is 0 Å². The Balaban J connectivity index is 1.26. The van der Waals surface area contributed by atoms with Gasteiger partial charge in [0.2, 0.25) is 6.29 Å². The fourth-order valence-electron chi connectivity index (χ4n) is 4.29. The summed E-state index contributed by atoms with van der Waals surface area (Å²) in [5.74, 6) is 0. The molecule has 2 spiro atoms. The van der Waals surface area contributed by atoms with Crippen molar-refractivity contribution in [3.8, 4) is 0 Å². The largest absolute Gasteiger partial charge is 0.344 e. The highest BCUT2D eigenvalue weighted by Gasteiger charge is 2.77. The molecule has 5 rings (SSSR count). The van der Waals surface area contributed by atoms with Gasteiger partial charge in [0.15, 0.2) is 9.22 Å². The zero-order valence-electron chi connectivity index (χ0n) is 12.1. The number of sulfonamides is 1. The van der Waals surface area contributed by atoms with Crippen LogP contribution in [0, 0.1) is 10.8 Å². The van der Waals surface area contributed by atoms with Crippen LogP contribution in [0.15, 0.2) is 10.4 Å². The number of hydrogen-bond donors (Lipinski definition) is 1. The highest BCUT2D eigenvalue weighted by atomic mass is 32.2. The molecule has 3 aliphatic carbocycles. The number of hydrogen-bond acceptors (Lipinski definition) is 6. The quantitative estimate of drug-likeness (QED) is 0.903. The monoisotopic (exact) mass is 342 g/mol. The Bertz CT molecular complexity index is 713. The minimum Gasteiger partial charge on any atom is -0.344 e. The standard InChI is InChI=1S/C14H18N2O4S2/c17-22(18,10-7-15-11(21-10)12-19-3-4-20-12)16-9-5-14(6-9)8-13(14)1-2-13/h7,9,12,16H,1-6,8H2. The number of aromatic nitrogens is 1. The molecule has 1 aliphatic heterocycles. The minimum absolute atomic E-state index is 0.0921. The average Bonchev–Trinajstić information content (AvgIpc) is 3.15. The Morgan fingerprint density at radius 3 is 2.59 bits per heavy atom. The average molecular weight is 342 g/mol. The van der Waals surface area contributed by atoms with Crippen molar-refractivity contribution in [2.24, 2.45) is 10.8 Å². The summed E-state index contributed by atoms with van der Waals surface area (Å²) in [6.45, 7) is 1.05. The molecule has 0 radical (unpaired) electrons. The molecule has 4 aliphatic rings. The van der Waals surface area contributed by atoms with Crippen LogP contribution in [-0.2, 0) is 19.5 Å². The van der Waals surface area contributed by atoms with Gasteiger partial charge in [-0.2, -0.15) is 0 Å². The smallest absolute Gasteiger partial charge is 0.251 e. The van der Waals surface area contributed by atoms with E-state index in [2.05, 4.69) is 9.71 Å². The van der Waals surface area contributed by atoms with Crippen LogP contribution in [-0.4, -0.2) is 32.7 Å². The fourth-order valence-corrected chi connectivity index (χ4v) is 6.69. The van der Waals surface area contributed by atoms with E-state index in [0.29, 0.717) is 29.1 Å². The van der Waals surface area contributed by atoms with Crippen molar-refractivity contribution in [3.63, 3.8) is 0 Å². The topological polar surface area (TPSA) is 77.5 Å². The summed E-state index contributed by atoms with van der Waals surface area (Å²) >= 11 is 1.13. The van der Waals surface area contributed by atoms with Gasteiger partial charge in [-0.15, -0.1) is 11.3 Å². The Hall–Kier alpha value is -0.540. The van der Waals surface area contributed by atoms with Crippen molar-refractivity contribution in [1.29, 1.82) is 0 Å².